The molecule has 0 fully saturated rings. The molecule has 330 valence electrons. The molecular formula is C48H90O7S. The van der Waals surface area contributed by atoms with Gasteiger partial charge in [-0.1, -0.05) is 220 Å². The summed E-state index contributed by atoms with van der Waals surface area (Å²) in [6, 6.07) is 0. The third-order valence-electron chi connectivity index (χ3n) is 11.2. The fourth-order valence-corrected chi connectivity index (χ4v) is 8.10. The lowest BCUT2D eigenvalue weighted by molar-refractivity contribution is -0.154. The monoisotopic (exact) mass is 811 g/mol. The lowest BCUT2D eigenvalue weighted by Gasteiger charge is -2.22. The Kier molecular flexibility index (Phi) is 36.5. The van der Waals surface area contributed by atoms with Crippen LogP contribution in [0, 0.1) is 0 Å². The predicted octanol–water partition coefficient (Wildman–Crippen LogP) is 14.9. The number of ether oxygens (including phenoxy) is 2. The molecule has 0 saturated heterocycles. The van der Waals surface area contributed by atoms with E-state index in [2.05, 4.69) is 27.0 Å². The van der Waals surface area contributed by atoms with E-state index in [0.717, 1.165) is 38.5 Å². The quantitative estimate of drug-likeness (QED) is 0.0283. The summed E-state index contributed by atoms with van der Waals surface area (Å²) < 4.78 is 45.5. The number of rotatable bonds is 42. The van der Waals surface area contributed by atoms with Gasteiger partial charge in [-0.05, 0) is 50.7 Å². The topological polar surface area (TPSA) is 107 Å². The summed E-state index contributed by atoms with van der Waals surface area (Å²) in [7, 11) is -4.91. The van der Waals surface area contributed by atoms with Gasteiger partial charge < -0.3 is 9.47 Å². The third kappa shape index (κ3) is 33.3. The van der Waals surface area contributed by atoms with Crippen LogP contribution in [0.15, 0.2) is 24.3 Å². The first kappa shape index (κ1) is 54.3. The van der Waals surface area contributed by atoms with E-state index in [1.807, 2.05) is 0 Å². The van der Waals surface area contributed by atoms with E-state index < -0.39 is 45.9 Å². The minimum Gasteiger partial charge on any atom is -0.458 e. The minimum atomic E-state index is -4.91. The standard InChI is InChI=1S/C48H90O7S/c1-7-9-11-13-15-17-19-21-23-25-27-29-31-33-35-37-39-44(42(3)4)54-47(49)41-46(56(51,52)53)48(50)55-45(43(5)6)40-38-36-34-32-30-28-26-24-22-20-18-16-14-12-10-8-2/h44-46H,3,5,7-41H2,1-2,4,6H3,(H,51,52,53). The molecule has 0 aromatic heterocycles. The van der Waals surface area contributed by atoms with Crippen LogP contribution < -0.4 is 0 Å². The summed E-state index contributed by atoms with van der Waals surface area (Å²) in [5, 5.41) is -2.05. The molecule has 0 rings (SSSR count). The molecule has 0 aromatic carbocycles. The first-order valence-electron chi connectivity index (χ1n) is 23.6. The molecule has 0 spiro atoms. The Morgan fingerprint density at radius 1 is 0.464 bits per heavy atom. The first-order valence-corrected chi connectivity index (χ1v) is 25.1. The van der Waals surface area contributed by atoms with Gasteiger partial charge in [-0.15, -0.1) is 0 Å². The summed E-state index contributed by atoms with van der Waals surface area (Å²) >= 11 is 0. The smallest absolute Gasteiger partial charge is 0.328 e. The van der Waals surface area contributed by atoms with Crippen LogP contribution >= 0.6 is 0 Å². The molecule has 0 radical (unpaired) electrons. The highest BCUT2D eigenvalue weighted by molar-refractivity contribution is 7.87. The third-order valence-corrected chi connectivity index (χ3v) is 12.3. The van der Waals surface area contributed by atoms with Crippen molar-refractivity contribution in [2.75, 3.05) is 0 Å². The fourth-order valence-electron chi connectivity index (χ4n) is 7.45. The molecule has 0 aromatic rings. The van der Waals surface area contributed by atoms with Gasteiger partial charge in [-0.3, -0.25) is 14.1 Å². The molecule has 3 atom stereocenters. The molecule has 0 aliphatic rings. The van der Waals surface area contributed by atoms with Crippen molar-refractivity contribution < 1.29 is 32.0 Å². The fraction of sp³-hybridized carbons (Fsp3) is 0.875. The highest BCUT2D eigenvalue weighted by Gasteiger charge is 2.37. The average Bonchev–Trinajstić information content (AvgIpc) is 3.14. The summed E-state index contributed by atoms with van der Waals surface area (Å²) in [6.07, 6.45) is 39.5. The lowest BCUT2D eigenvalue weighted by Crippen LogP contribution is -2.37. The second kappa shape index (κ2) is 37.6. The van der Waals surface area contributed by atoms with E-state index in [1.54, 1.807) is 13.8 Å². The molecule has 0 aliphatic heterocycles. The van der Waals surface area contributed by atoms with Gasteiger partial charge in [-0.2, -0.15) is 8.42 Å². The largest absolute Gasteiger partial charge is 0.458 e. The Bertz CT molecular complexity index is 1090. The van der Waals surface area contributed by atoms with Crippen molar-refractivity contribution in [2.24, 2.45) is 0 Å². The summed E-state index contributed by atoms with van der Waals surface area (Å²) in [5.41, 5.74) is 1.25. The van der Waals surface area contributed by atoms with Crippen LogP contribution in [0.3, 0.4) is 0 Å². The van der Waals surface area contributed by atoms with Crippen LogP contribution in [0.1, 0.15) is 252 Å². The normalized spacial score (nSPS) is 13.3. The highest BCUT2D eigenvalue weighted by atomic mass is 32.2. The Hall–Kier alpha value is -1.67. The molecule has 8 heteroatoms. The van der Waals surface area contributed by atoms with Gasteiger partial charge in [0.05, 0.1) is 6.42 Å². The average molecular weight is 811 g/mol. The second-order valence-corrected chi connectivity index (χ2v) is 18.6. The molecule has 56 heavy (non-hydrogen) atoms. The van der Waals surface area contributed by atoms with Crippen LogP contribution in [-0.2, 0) is 29.2 Å². The molecule has 1 N–H and O–H groups in total. The van der Waals surface area contributed by atoms with Gasteiger partial charge >= 0.3 is 11.9 Å². The van der Waals surface area contributed by atoms with Crippen LogP contribution in [0.5, 0.6) is 0 Å². The number of esters is 2. The van der Waals surface area contributed by atoms with Crippen molar-refractivity contribution in [2.45, 2.75) is 270 Å². The minimum absolute atomic E-state index is 0.513. The molecule has 0 heterocycles. The number of carbonyl (C=O) groups is 2. The Labute approximate surface area is 347 Å². The number of carbonyl (C=O) groups excluding carboxylic acids is 2. The van der Waals surface area contributed by atoms with E-state index >= 15 is 0 Å². The lowest BCUT2D eigenvalue weighted by atomic mass is 10.0. The molecular weight excluding hydrogens is 721 g/mol. The maximum Gasteiger partial charge on any atom is 0.328 e. The van der Waals surface area contributed by atoms with Crippen molar-refractivity contribution in [3.63, 3.8) is 0 Å². The number of hydrogen-bond acceptors (Lipinski definition) is 6. The van der Waals surface area contributed by atoms with Crippen molar-refractivity contribution in [3.05, 3.63) is 24.3 Å². The molecule has 7 nitrogen and oxygen atoms in total. The second-order valence-electron chi connectivity index (χ2n) is 17.0. The maximum absolute atomic E-state index is 13.0. The summed E-state index contributed by atoms with van der Waals surface area (Å²) in [6.45, 7) is 15.9. The molecule has 0 amide bonds. The Morgan fingerprint density at radius 3 is 0.964 bits per heavy atom. The van der Waals surface area contributed by atoms with E-state index in [9.17, 15) is 22.6 Å². The van der Waals surface area contributed by atoms with Gasteiger partial charge in [0.15, 0.2) is 5.25 Å². The molecule has 0 bridgehead atoms. The van der Waals surface area contributed by atoms with Gasteiger partial charge in [0.1, 0.15) is 12.2 Å². The van der Waals surface area contributed by atoms with Gasteiger partial charge in [0.2, 0.25) is 0 Å². The Balaban J connectivity index is 4.35. The van der Waals surface area contributed by atoms with Gasteiger partial charge in [0, 0.05) is 0 Å². The van der Waals surface area contributed by atoms with Crippen molar-refractivity contribution in [1.29, 1.82) is 0 Å². The highest BCUT2D eigenvalue weighted by Crippen LogP contribution is 2.22. The first-order chi connectivity index (χ1) is 26.9. The van der Waals surface area contributed by atoms with Crippen LogP contribution in [0.4, 0.5) is 0 Å². The van der Waals surface area contributed by atoms with E-state index in [0.29, 0.717) is 24.0 Å². The zero-order chi connectivity index (χ0) is 41.7. The van der Waals surface area contributed by atoms with E-state index in [1.165, 1.54) is 167 Å². The zero-order valence-corrected chi connectivity index (χ0v) is 38.0. The summed E-state index contributed by atoms with van der Waals surface area (Å²) in [4.78, 5) is 25.9. The SMILES string of the molecule is C=C(C)C(CCCCCCCCCCCCCCCCCC)OC(=O)CC(C(=O)OC(CCCCCCCCCCCCCCCCCC)C(=C)C)S(=O)(=O)O. The van der Waals surface area contributed by atoms with Crippen molar-refractivity contribution in [1.82, 2.24) is 0 Å². The predicted molar refractivity (Wildman–Crippen MR) is 238 cm³/mol. The Morgan fingerprint density at radius 2 is 0.714 bits per heavy atom. The van der Waals surface area contributed by atoms with Gasteiger partial charge in [0.25, 0.3) is 10.1 Å². The number of unbranched alkanes of at least 4 members (excludes halogenated alkanes) is 30. The molecule has 0 saturated carbocycles. The van der Waals surface area contributed by atoms with Gasteiger partial charge in [-0.25, -0.2) is 0 Å². The van der Waals surface area contributed by atoms with E-state index in [-0.39, 0.29) is 0 Å². The van der Waals surface area contributed by atoms with Crippen molar-refractivity contribution >= 4 is 22.1 Å². The molecule has 0 aliphatic carbocycles. The summed E-state index contributed by atoms with van der Waals surface area (Å²) in [5.74, 6) is -2.03. The van der Waals surface area contributed by atoms with Crippen LogP contribution in [0.25, 0.3) is 0 Å². The zero-order valence-electron chi connectivity index (χ0n) is 37.2. The van der Waals surface area contributed by atoms with Crippen molar-refractivity contribution in [3.8, 4) is 0 Å². The number of hydrogen-bond donors (Lipinski definition) is 1. The molecule has 3 unspecified atom stereocenters. The van der Waals surface area contributed by atoms with Crippen LogP contribution in [0.2, 0.25) is 0 Å². The van der Waals surface area contributed by atoms with Crippen LogP contribution in [-0.4, -0.2) is 42.4 Å². The maximum atomic E-state index is 13.0. The van der Waals surface area contributed by atoms with E-state index in [4.69, 9.17) is 9.47 Å².